The van der Waals surface area contributed by atoms with Gasteiger partial charge in [0.15, 0.2) is 0 Å². The van der Waals surface area contributed by atoms with E-state index in [1.54, 1.807) is 6.07 Å². The Morgan fingerprint density at radius 3 is 2.44 bits per heavy atom. The van der Waals surface area contributed by atoms with Crippen LogP contribution in [0.4, 0.5) is 5.82 Å². The molecular weight excluding hydrogens is 340 g/mol. The second kappa shape index (κ2) is 6.80. The molecule has 4 aliphatic carbocycles. The van der Waals surface area contributed by atoms with Gasteiger partial charge in [-0.2, -0.15) is 0 Å². The largest absolute Gasteiger partial charge is 0.369 e. The van der Waals surface area contributed by atoms with Crippen LogP contribution in [0, 0.1) is 23.2 Å². The minimum Gasteiger partial charge on any atom is -0.369 e. The summed E-state index contributed by atoms with van der Waals surface area (Å²) in [5.41, 5.74) is 5.91. The number of aromatic nitrogens is 1. The Kier molecular flexibility index (Phi) is 4.60. The lowest BCUT2D eigenvalue weighted by molar-refractivity contribution is -0.145. The molecule has 0 saturated heterocycles. The van der Waals surface area contributed by atoms with Crippen LogP contribution in [0.3, 0.4) is 0 Å². The second-order valence-electron chi connectivity index (χ2n) is 8.67. The molecule has 4 bridgehead atoms. The molecule has 2 unspecified atom stereocenters. The zero-order valence-corrected chi connectivity index (χ0v) is 16.3. The Morgan fingerprint density at radius 2 is 1.85 bits per heavy atom. The molecule has 2 atom stereocenters. The smallest absolute Gasteiger partial charge is 0.270 e. The van der Waals surface area contributed by atoms with E-state index in [1.807, 2.05) is 12.1 Å². The molecular formula is C21H30N4O2. The van der Waals surface area contributed by atoms with Gasteiger partial charge in [0.2, 0.25) is 5.91 Å². The normalized spacial score (nSPS) is 33.7. The van der Waals surface area contributed by atoms with Gasteiger partial charge in [-0.15, -0.1) is 0 Å². The minimum atomic E-state index is -0.321. The highest BCUT2D eigenvalue weighted by molar-refractivity contribution is 5.93. The van der Waals surface area contributed by atoms with Crippen molar-refractivity contribution in [1.82, 2.24) is 10.3 Å². The predicted octanol–water partition coefficient (Wildman–Crippen LogP) is 2.34. The average molecular weight is 370 g/mol. The maximum absolute atomic E-state index is 12.9. The van der Waals surface area contributed by atoms with Crippen LogP contribution in [0.2, 0.25) is 0 Å². The number of nitrogens with one attached hydrogen (secondary N) is 1. The van der Waals surface area contributed by atoms with Crippen molar-refractivity contribution in [2.45, 2.75) is 52.0 Å². The van der Waals surface area contributed by atoms with Gasteiger partial charge in [-0.25, -0.2) is 4.98 Å². The molecule has 0 spiro atoms. The molecule has 5 rings (SSSR count). The van der Waals surface area contributed by atoms with E-state index in [-0.39, 0.29) is 23.3 Å². The van der Waals surface area contributed by atoms with Gasteiger partial charge in [-0.1, -0.05) is 6.07 Å². The summed E-state index contributed by atoms with van der Waals surface area (Å²) in [6, 6.07) is 5.77. The van der Waals surface area contributed by atoms with Gasteiger partial charge in [-0.05, 0) is 75.8 Å². The number of amides is 2. The molecule has 6 heteroatoms. The lowest BCUT2D eigenvalue weighted by atomic mass is 9.47. The summed E-state index contributed by atoms with van der Waals surface area (Å²) in [5, 5.41) is 3.26. The van der Waals surface area contributed by atoms with Gasteiger partial charge >= 0.3 is 0 Å². The molecule has 1 aromatic rings. The van der Waals surface area contributed by atoms with Crippen molar-refractivity contribution in [3.63, 3.8) is 0 Å². The molecule has 4 fully saturated rings. The summed E-state index contributed by atoms with van der Waals surface area (Å²) < 4.78 is 0. The van der Waals surface area contributed by atoms with E-state index < -0.39 is 0 Å². The van der Waals surface area contributed by atoms with Crippen LogP contribution >= 0.6 is 0 Å². The first-order valence-electron chi connectivity index (χ1n) is 10.3. The highest BCUT2D eigenvalue weighted by Gasteiger charge is 2.58. The van der Waals surface area contributed by atoms with E-state index in [0.717, 1.165) is 51.0 Å². The molecule has 0 aromatic carbocycles. The van der Waals surface area contributed by atoms with Crippen molar-refractivity contribution < 1.29 is 9.59 Å². The fourth-order valence-electron chi connectivity index (χ4n) is 6.06. The van der Waals surface area contributed by atoms with Crippen LogP contribution in [0.1, 0.15) is 56.4 Å². The molecule has 3 N–H and O–H groups in total. The van der Waals surface area contributed by atoms with Crippen molar-refractivity contribution >= 4 is 17.6 Å². The third kappa shape index (κ3) is 3.09. The number of anilines is 1. The Labute approximate surface area is 160 Å². The fraction of sp³-hybridized carbons (Fsp3) is 0.667. The zero-order valence-electron chi connectivity index (χ0n) is 16.3. The summed E-state index contributed by atoms with van der Waals surface area (Å²) in [4.78, 5) is 31.7. The topological polar surface area (TPSA) is 88.3 Å². The average Bonchev–Trinajstić information content (AvgIpc) is 2.65. The van der Waals surface area contributed by atoms with E-state index in [1.165, 1.54) is 0 Å². The predicted molar refractivity (Wildman–Crippen MR) is 104 cm³/mol. The third-order valence-corrected chi connectivity index (χ3v) is 7.15. The molecule has 4 aliphatic rings. The molecule has 4 saturated carbocycles. The Hall–Kier alpha value is -2.11. The van der Waals surface area contributed by atoms with Crippen LogP contribution in [-0.4, -0.2) is 35.9 Å². The van der Waals surface area contributed by atoms with Crippen LogP contribution in [-0.2, 0) is 4.79 Å². The molecule has 2 amide bonds. The van der Waals surface area contributed by atoms with E-state index in [2.05, 4.69) is 29.0 Å². The molecule has 146 valence electrons. The number of hydrogen-bond acceptors (Lipinski definition) is 4. The number of rotatable bonds is 6. The van der Waals surface area contributed by atoms with E-state index in [9.17, 15) is 9.59 Å². The molecule has 0 radical (unpaired) electrons. The lowest BCUT2D eigenvalue weighted by Crippen LogP contribution is -2.62. The summed E-state index contributed by atoms with van der Waals surface area (Å²) in [6.07, 6.45) is 4.80. The quantitative estimate of drug-likeness (QED) is 0.804. The molecule has 27 heavy (non-hydrogen) atoms. The van der Waals surface area contributed by atoms with Crippen molar-refractivity contribution in [2.75, 3.05) is 18.0 Å². The molecule has 1 heterocycles. The third-order valence-electron chi connectivity index (χ3n) is 7.15. The second-order valence-corrected chi connectivity index (χ2v) is 8.67. The standard InChI is InChI=1S/C21H30N4O2/c1-3-25(4-2)17-7-5-6-16(23-17)19(26)24-18-14-8-13-9-15(18)12-21(10-13,11-14)20(22)27/h5-7,13-15,18H,3-4,8-12H2,1-2H3,(H2,22,27)(H,24,26)/t13?,14?,15?,18-,21-. The first-order valence-corrected chi connectivity index (χ1v) is 10.3. The van der Waals surface area contributed by atoms with Gasteiger partial charge in [0.05, 0.1) is 0 Å². The van der Waals surface area contributed by atoms with Crippen molar-refractivity contribution in [3.8, 4) is 0 Å². The maximum atomic E-state index is 12.9. The van der Waals surface area contributed by atoms with Gasteiger partial charge in [-0.3, -0.25) is 9.59 Å². The van der Waals surface area contributed by atoms with Crippen LogP contribution in [0.25, 0.3) is 0 Å². The zero-order chi connectivity index (χ0) is 19.2. The highest BCUT2D eigenvalue weighted by Crippen LogP contribution is 2.59. The first kappa shape index (κ1) is 18.3. The summed E-state index contributed by atoms with van der Waals surface area (Å²) in [7, 11) is 0. The number of primary amides is 1. The van der Waals surface area contributed by atoms with Gasteiger partial charge in [0, 0.05) is 24.5 Å². The Balaban J connectivity index is 1.50. The van der Waals surface area contributed by atoms with Crippen molar-refractivity contribution in [3.05, 3.63) is 23.9 Å². The van der Waals surface area contributed by atoms with Crippen molar-refractivity contribution in [1.29, 1.82) is 0 Å². The number of hydrogen-bond donors (Lipinski definition) is 2. The number of pyridine rings is 1. The SMILES string of the molecule is CCN(CC)c1cccc(C(=O)N[C@H]2C3CC4CC2C[C@](C(N)=O)(C4)C3)n1. The fourth-order valence-corrected chi connectivity index (χ4v) is 6.06. The van der Waals surface area contributed by atoms with Crippen LogP contribution in [0.15, 0.2) is 18.2 Å². The number of carbonyl (C=O) groups excluding carboxylic acids is 2. The van der Waals surface area contributed by atoms with E-state index >= 15 is 0 Å². The van der Waals surface area contributed by atoms with Gasteiger partial charge < -0.3 is 16.0 Å². The van der Waals surface area contributed by atoms with E-state index in [0.29, 0.717) is 23.4 Å². The highest BCUT2D eigenvalue weighted by atomic mass is 16.2. The number of carbonyl (C=O) groups is 2. The van der Waals surface area contributed by atoms with Crippen LogP contribution in [0.5, 0.6) is 0 Å². The maximum Gasteiger partial charge on any atom is 0.270 e. The monoisotopic (exact) mass is 370 g/mol. The lowest BCUT2D eigenvalue weighted by Gasteiger charge is -2.58. The van der Waals surface area contributed by atoms with Crippen molar-refractivity contribution in [2.24, 2.45) is 28.9 Å². The van der Waals surface area contributed by atoms with Gasteiger partial charge in [0.25, 0.3) is 5.91 Å². The number of nitrogens with two attached hydrogens (primary N) is 1. The van der Waals surface area contributed by atoms with E-state index in [4.69, 9.17) is 5.73 Å². The Morgan fingerprint density at radius 1 is 1.19 bits per heavy atom. The summed E-state index contributed by atoms with van der Waals surface area (Å²) in [5.74, 6) is 1.91. The van der Waals surface area contributed by atoms with Crippen LogP contribution < -0.4 is 16.0 Å². The molecule has 0 aliphatic heterocycles. The summed E-state index contributed by atoms with van der Waals surface area (Å²) in [6.45, 7) is 5.89. The number of nitrogens with zero attached hydrogens (tertiary/aromatic N) is 2. The first-order chi connectivity index (χ1) is 13.0. The summed E-state index contributed by atoms with van der Waals surface area (Å²) >= 11 is 0. The molecule has 1 aromatic heterocycles. The van der Waals surface area contributed by atoms with Gasteiger partial charge in [0.1, 0.15) is 11.5 Å². The molecule has 6 nitrogen and oxygen atoms in total. The Bertz CT molecular complexity index is 729. The minimum absolute atomic E-state index is 0.102.